The third-order valence-corrected chi connectivity index (χ3v) is 5.57. The van der Waals surface area contributed by atoms with E-state index in [9.17, 15) is 0 Å². The van der Waals surface area contributed by atoms with Gasteiger partial charge < -0.3 is 10.1 Å². The van der Waals surface area contributed by atoms with Gasteiger partial charge in [0.15, 0.2) is 0 Å². The highest BCUT2D eigenvalue weighted by atomic mass is 16.5. The normalized spacial score (nSPS) is 27.0. The molecule has 2 atom stereocenters. The Kier molecular flexibility index (Phi) is 4.26. The minimum absolute atomic E-state index is 0.407. The quantitative estimate of drug-likeness (QED) is 0.861. The van der Waals surface area contributed by atoms with Crippen LogP contribution in [0.15, 0.2) is 24.3 Å². The van der Waals surface area contributed by atoms with E-state index in [1.54, 1.807) is 0 Å². The van der Waals surface area contributed by atoms with Crippen LogP contribution in [0, 0.1) is 5.41 Å². The van der Waals surface area contributed by atoms with Crippen LogP contribution in [-0.2, 0) is 0 Å². The van der Waals surface area contributed by atoms with Gasteiger partial charge in [-0.05, 0) is 43.0 Å². The first-order chi connectivity index (χ1) is 10.2. The van der Waals surface area contributed by atoms with E-state index in [0.717, 1.165) is 12.3 Å². The molecule has 2 saturated carbocycles. The molecule has 2 heteroatoms. The summed E-state index contributed by atoms with van der Waals surface area (Å²) in [7, 11) is 0. The molecule has 2 fully saturated rings. The average molecular weight is 287 g/mol. The molecule has 2 aliphatic rings. The number of benzene rings is 1. The molecule has 0 heterocycles. The molecule has 3 rings (SSSR count). The molecule has 0 aromatic heterocycles. The standard InChI is InChI=1S/C19H29NO/c1-4-20-17-13-18(19(17)10-5-6-11-19)21-16-9-7-8-15(12-16)14(2)3/h7-9,12,14,17-18,20H,4-6,10-11,13H2,1-3H3. The summed E-state index contributed by atoms with van der Waals surface area (Å²) in [4.78, 5) is 0. The van der Waals surface area contributed by atoms with Crippen LogP contribution in [0.1, 0.15) is 64.4 Å². The minimum atomic E-state index is 0.407. The van der Waals surface area contributed by atoms with Crippen molar-refractivity contribution in [3.05, 3.63) is 29.8 Å². The predicted octanol–water partition coefficient (Wildman–Crippen LogP) is 4.50. The molecule has 2 aliphatic carbocycles. The Morgan fingerprint density at radius 2 is 2.05 bits per heavy atom. The lowest BCUT2D eigenvalue weighted by atomic mass is 9.60. The van der Waals surface area contributed by atoms with Gasteiger partial charge in [0.05, 0.1) is 0 Å². The van der Waals surface area contributed by atoms with Crippen molar-refractivity contribution in [3.8, 4) is 5.75 Å². The Hall–Kier alpha value is -1.02. The first-order valence-corrected chi connectivity index (χ1v) is 8.65. The van der Waals surface area contributed by atoms with Gasteiger partial charge in [-0.15, -0.1) is 0 Å². The van der Waals surface area contributed by atoms with Crippen LogP contribution >= 0.6 is 0 Å². The van der Waals surface area contributed by atoms with Crippen molar-refractivity contribution in [2.45, 2.75) is 70.9 Å². The van der Waals surface area contributed by atoms with Gasteiger partial charge in [-0.3, -0.25) is 0 Å². The van der Waals surface area contributed by atoms with E-state index in [1.165, 1.54) is 37.7 Å². The predicted molar refractivity (Wildman–Crippen MR) is 87.9 cm³/mol. The molecular formula is C19H29NO. The van der Waals surface area contributed by atoms with Gasteiger partial charge in [-0.25, -0.2) is 0 Å². The monoisotopic (exact) mass is 287 g/mol. The molecule has 2 nitrogen and oxygen atoms in total. The molecule has 0 bridgehead atoms. The van der Waals surface area contributed by atoms with Gasteiger partial charge >= 0.3 is 0 Å². The lowest BCUT2D eigenvalue weighted by Crippen LogP contribution is -2.63. The van der Waals surface area contributed by atoms with E-state index in [2.05, 4.69) is 50.4 Å². The zero-order valence-electron chi connectivity index (χ0n) is 13.7. The van der Waals surface area contributed by atoms with Crippen LogP contribution in [0.2, 0.25) is 0 Å². The van der Waals surface area contributed by atoms with Crippen molar-refractivity contribution in [1.82, 2.24) is 5.32 Å². The molecule has 1 aromatic carbocycles. The fourth-order valence-electron chi connectivity index (χ4n) is 4.26. The third-order valence-electron chi connectivity index (χ3n) is 5.57. The molecule has 1 spiro atoms. The topological polar surface area (TPSA) is 21.3 Å². The minimum Gasteiger partial charge on any atom is -0.490 e. The van der Waals surface area contributed by atoms with Gasteiger partial charge in [-0.1, -0.05) is 45.7 Å². The number of hydrogen-bond donors (Lipinski definition) is 1. The highest BCUT2D eigenvalue weighted by molar-refractivity contribution is 5.31. The van der Waals surface area contributed by atoms with Crippen LogP contribution in [0.5, 0.6) is 5.75 Å². The summed E-state index contributed by atoms with van der Waals surface area (Å²) in [6, 6.07) is 9.35. The largest absolute Gasteiger partial charge is 0.490 e. The van der Waals surface area contributed by atoms with Crippen molar-refractivity contribution in [1.29, 1.82) is 0 Å². The van der Waals surface area contributed by atoms with E-state index in [1.807, 2.05) is 0 Å². The summed E-state index contributed by atoms with van der Waals surface area (Å²) in [6.45, 7) is 7.76. The lowest BCUT2D eigenvalue weighted by Gasteiger charge is -2.54. The second kappa shape index (κ2) is 6.00. The van der Waals surface area contributed by atoms with Crippen molar-refractivity contribution < 1.29 is 4.74 Å². The zero-order chi connectivity index (χ0) is 14.9. The summed E-state index contributed by atoms with van der Waals surface area (Å²) in [5.74, 6) is 1.62. The van der Waals surface area contributed by atoms with E-state index in [0.29, 0.717) is 23.5 Å². The number of ether oxygens (including phenoxy) is 1. The second-order valence-corrected chi connectivity index (χ2v) is 7.12. The fraction of sp³-hybridized carbons (Fsp3) is 0.684. The Labute approximate surface area is 129 Å². The summed E-state index contributed by atoms with van der Waals surface area (Å²) in [6.07, 6.45) is 6.98. The van der Waals surface area contributed by atoms with Crippen molar-refractivity contribution >= 4 is 0 Å². The summed E-state index contributed by atoms with van der Waals surface area (Å²) in [5.41, 5.74) is 1.78. The molecule has 21 heavy (non-hydrogen) atoms. The fourth-order valence-corrected chi connectivity index (χ4v) is 4.26. The molecule has 116 valence electrons. The van der Waals surface area contributed by atoms with Crippen LogP contribution in [-0.4, -0.2) is 18.7 Å². The van der Waals surface area contributed by atoms with Gasteiger partial charge in [0.2, 0.25) is 0 Å². The number of hydrogen-bond acceptors (Lipinski definition) is 2. The highest BCUT2D eigenvalue weighted by Gasteiger charge is 2.57. The Morgan fingerprint density at radius 3 is 2.71 bits per heavy atom. The number of rotatable bonds is 5. The van der Waals surface area contributed by atoms with Crippen molar-refractivity contribution in [3.63, 3.8) is 0 Å². The Balaban J connectivity index is 1.72. The van der Waals surface area contributed by atoms with Crippen LogP contribution < -0.4 is 10.1 Å². The summed E-state index contributed by atoms with van der Waals surface area (Å²) >= 11 is 0. The molecule has 0 amide bonds. The zero-order valence-corrected chi connectivity index (χ0v) is 13.7. The molecule has 1 aromatic rings. The van der Waals surface area contributed by atoms with Gasteiger partial charge in [0.25, 0.3) is 0 Å². The maximum atomic E-state index is 6.42. The number of nitrogens with one attached hydrogen (secondary N) is 1. The van der Waals surface area contributed by atoms with E-state index in [4.69, 9.17) is 4.74 Å². The average Bonchev–Trinajstić information content (AvgIpc) is 2.99. The van der Waals surface area contributed by atoms with Crippen molar-refractivity contribution in [2.24, 2.45) is 5.41 Å². The van der Waals surface area contributed by atoms with Crippen LogP contribution in [0.3, 0.4) is 0 Å². The Bertz CT molecular complexity index is 476. The summed E-state index contributed by atoms with van der Waals surface area (Å²) in [5, 5.41) is 3.68. The van der Waals surface area contributed by atoms with Crippen LogP contribution in [0.25, 0.3) is 0 Å². The molecule has 2 unspecified atom stereocenters. The second-order valence-electron chi connectivity index (χ2n) is 7.12. The van der Waals surface area contributed by atoms with E-state index >= 15 is 0 Å². The third kappa shape index (κ3) is 2.70. The van der Waals surface area contributed by atoms with E-state index < -0.39 is 0 Å². The highest BCUT2D eigenvalue weighted by Crippen LogP contribution is 2.54. The maximum Gasteiger partial charge on any atom is 0.120 e. The molecular weight excluding hydrogens is 258 g/mol. The molecule has 0 radical (unpaired) electrons. The van der Waals surface area contributed by atoms with E-state index in [-0.39, 0.29) is 0 Å². The van der Waals surface area contributed by atoms with Crippen LogP contribution in [0.4, 0.5) is 0 Å². The first-order valence-electron chi connectivity index (χ1n) is 8.65. The lowest BCUT2D eigenvalue weighted by molar-refractivity contribution is -0.0755. The maximum absolute atomic E-state index is 6.42. The molecule has 1 N–H and O–H groups in total. The Morgan fingerprint density at radius 1 is 1.29 bits per heavy atom. The summed E-state index contributed by atoms with van der Waals surface area (Å²) < 4.78 is 6.42. The smallest absolute Gasteiger partial charge is 0.120 e. The molecule has 0 aliphatic heterocycles. The molecule has 0 saturated heterocycles. The van der Waals surface area contributed by atoms with Gasteiger partial charge in [0.1, 0.15) is 11.9 Å². The van der Waals surface area contributed by atoms with Gasteiger partial charge in [0, 0.05) is 17.9 Å². The van der Waals surface area contributed by atoms with Gasteiger partial charge in [-0.2, -0.15) is 0 Å². The SMILES string of the molecule is CCNC1CC(Oc2cccc(C(C)C)c2)C12CCCC2. The first kappa shape index (κ1) is 14.9. The van der Waals surface area contributed by atoms with Crippen molar-refractivity contribution in [2.75, 3.05) is 6.54 Å².